The fourth-order valence-corrected chi connectivity index (χ4v) is 18.0. The molecule has 8 aliphatic rings. The summed E-state index contributed by atoms with van der Waals surface area (Å²) in [5, 5.41) is 2.72. The van der Waals surface area contributed by atoms with E-state index in [0.717, 1.165) is 64.6 Å². The van der Waals surface area contributed by atoms with Gasteiger partial charge in [-0.2, -0.15) is 0 Å². The third-order valence-electron chi connectivity index (χ3n) is 20.1. The molecule has 0 saturated carbocycles. The van der Waals surface area contributed by atoms with Crippen molar-refractivity contribution >= 4 is 146 Å². The maximum absolute atomic E-state index is 2.74. The van der Waals surface area contributed by atoms with Gasteiger partial charge in [0, 0.05) is 103 Å². The molecule has 8 heterocycles. The third kappa shape index (κ3) is 6.35. The van der Waals surface area contributed by atoms with Crippen molar-refractivity contribution in [3.63, 3.8) is 0 Å². The highest BCUT2D eigenvalue weighted by molar-refractivity contribution is 7.26. The molecule has 0 saturated heterocycles. The molecule has 1 aromatic heterocycles. The summed E-state index contributed by atoms with van der Waals surface area (Å²) in [7, 11) is 0. The van der Waals surface area contributed by atoms with Crippen LogP contribution in [0.2, 0.25) is 0 Å². The molecule has 5 nitrogen and oxygen atoms in total. The molecular weight excluding hydrogens is 1000 g/mol. The van der Waals surface area contributed by atoms with Gasteiger partial charge in [-0.15, -0.1) is 11.3 Å². The lowest BCUT2D eigenvalue weighted by Crippen LogP contribution is -2.62. The van der Waals surface area contributed by atoms with Crippen molar-refractivity contribution in [2.75, 3.05) is 44.1 Å². The third-order valence-corrected chi connectivity index (χ3v) is 21.2. The van der Waals surface area contributed by atoms with E-state index in [1.54, 1.807) is 0 Å². The average Bonchev–Trinajstić information content (AvgIpc) is 4.11. The molecule has 0 amide bonds. The molecule has 1 atom stereocenters. The van der Waals surface area contributed by atoms with Crippen molar-refractivity contribution in [1.82, 2.24) is 0 Å². The molecule has 8 heteroatoms. The first-order chi connectivity index (χ1) is 40.2. The first kappa shape index (κ1) is 45.3. The highest BCUT2D eigenvalue weighted by Crippen LogP contribution is 2.52. The number of rotatable bonds is 4. The van der Waals surface area contributed by atoms with Crippen LogP contribution in [0.15, 0.2) is 194 Å². The normalized spacial score (nSPS) is 17.5. The zero-order valence-electron chi connectivity index (χ0n) is 45.3. The Morgan fingerprint density at radius 1 is 0.358 bits per heavy atom. The van der Waals surface area contributed by atoms with Crippen molar-refractivity contribution < 1.29 is 0 Å². The fourth-order valence-electron chi connectivity index (χ4n) is 16.9. The minimum absolute atomic E-state index is 0.0717. The van der Waals surface area contributed by atoms with Gasteiger partial charge in [-0.3, -0.25) is 0 Å². The molecular formula is C73H57B2N5S. The van der Waals surface area contributed by atoms with Crippen molar-refractivity contribution in [3.8, 4) is 0 Å². The van der Waals surface area contributed by atoms with E-state index >= 15 is 0 Å². The van der Waals surface area contributed by atoms with Crippen molar-refractivity contribution in [2.45, 2.75) is 63.7 Å². The van der Waals surface area contributed by atoms with E-state index in [1.807, 2.05) is 11.3 Å². The number of thiophene rings is 1. The van der Waals surface area contributed by atoms with Crippen LogP contribution in [0.3, 0.4) is 0 Å². The Balaban J connectivity index is 0.872. The Bertz CT molecular complexity index is 4230. The largest absolute Gasteiger partial charge is 0.342 e. The second-order valence-electron chi connectivity index (χ2n) is 24.2. The number of hydrogen-bond acceptors (Lipinski definition) is 6. The van der Waals surface area contributed by atoms with Crippen LogP contribution in [-0.4, -0.2) is 33.1 Å². The zero-order chi connectivity index (χ0) is 52.6. The Morgan fingerprint density at radius 3 is 1.49 bits per heavy atom. The monoisotopic (exact) mass is 1060 g/mol. The molecule has 0 bridgehead atoms. The van der Waals surface area contributed by atoms with Crippen LogP contribution in [-0.2, 0) is 25.7 Å². The Kier molecular flexibility index (Phi) is 9.53. The van der Waals surface area contributed by atoms with E-state index in [9.17, 15) is 0 Å². The lowest BCUT2D eigenvalue weighted by Gasteiger charge is -2.47. The van der Waals surface area contributed by atoms with Crippen LogP contribution in [0.25, 0.3) is 20.2 Å². The van der Waals surface area contributed by atoms with Crippen LogP contribution in [0.4, 0.5) is 68.2 Å². The molecule has 11 aromatic rings. The molecule has 0 fully saturated rings. The summed E-state index contributed by atoms with van der Waals surface area (Å²) in [6.07, 6.45) is 10.3. The Labute approximate surface area is 478 Å². The summed E-state index contributed by atoms with van der Waals surface area (Å²) < 4.78 is 2.67. The van der Waals surface area contributed by atoms with Gasteiger partial charge in [-0.05, 0) is 201 Å². The lowest BCUT2D eigenvalue weighted by molar-refractivity contribution is 0.616. The molecule has 386 valence electrons. The second-order valence-corrected chi connectivity index (χ2v) is 25.3. The van der Waals surface area contributed by atoms with Gasteiger partial charge in [0.1, 0.15) is 0 Å². The minimum Gasteiger partial charge on any atom is -0.342 e. The van der Waals surface area contributed by atoms with Gasteiger partial charge >= 0.3 is 0 Å². The number of anilines is 12. The predicted molar refractivity (Wildman–Crippen MR) is 345 cm³/mol. The van der Waals surface area contributed by atoms with Crippen molar-refractivity contribution in [2.24, 2.45) is 0 Å². The number of hydrogen-bond donors (Lipinski definition) is 0. The van der Waals surface area contributed by atoms with Gasteiger partial charge < -0.3 is 24.5 Å². The smallest absolute Gasteiger partial charge is 0.252 e. The zero-order valence-corrected chi connectivity index (χ0v) is 46.2. The average molecular weight is 1060 g/mol. The Morgan fingerprint density at radius 2 is 0.852 bits per heavy atom. The minimum atomic E-state index is 0.0717. The molecule has 0 radical (unpaired) electrons. The molecule has 10 aromatic carbocycles. The molecule has 0 spiro atoms. The van der Waals surface area contributed by atoms with E-state index in [4.69, 9.17) is 0 Å². The number of benzene rings is 10. The molecule has 1 aliphatic carbocycles. The van der Waals surface area contributed by atoms with Gasteiger partial charge in [0.25, 0.3) is 13.4 Å². The quantitative estimate of drug-likeness (QED) is 0.163. The molecule has 19 rings (SSSR count). The van der Waals surface area contributed by atoms with Crippen LogP contribution >= 0.6 is 11.3 Å². The van der Waals surface area contributed by atoms with Gasteiger partial charge in [0.2, 0.25) is 0 Å². The Hall–Kier alpha value is -8.45. The summed E-state index contributed by atoms with van der Waals surface area (Å²) in [6, 6.07) is 76.4. The molecule has 1 unspecified atom stereocenters. The standard InChI is InChI=1S/C73H57B2N5S/c1-3-25-50(26-4-1)79-62-43-68-55(41-59(62)74-57-31-12-20-47-23-15-35-77(72(47)57)64-37-49(38-66(79)70(64)74)54-30-11-19-45-17-7-9-29-53(45)54)56-42-60-63(44-69(56)81-68)80(51-27-5-2-6-28-51)67-40-52(76-34-14-22-46-18-8-10-33-61(46)76)39-65-71(67)75(60)58-32-13-21-48-24-16-36-78(65)73(48)58/h1-10,12-13,17-18,20-21,25-29,31-33,37-44,54H,11,14-16,19,22-24,30,34-36H2. The van der Waals surface area contributed by atoms with Crippen LogP contribution in [0, 0.1) is 0 Å². The molecule has 0 N–H and O–H groups in total. The highest BCUT2D eigenvalue weighted by atomic mass is 32.1. The van der Waals surface area contributed by atoms with Crippen molar-refractivity contribution in [3.05, 3.63) is 228 Å². The van der Waals surface area contributed by atoms with Crippen molar-refractivity contribution in [1.29, 1.82) is 0 Å². The second kappa shape index (κ2) is 17.0. The van der Waals surface area contributed by atoms with Gasteiger partial charge in [-0.1, -0.05) is 127 Å². The maximum Gasteiger partial charge on any atom is 0.252 e. The van der Waals surface area contributed by atoms with Crippen LogP contribution < -0.4 is 57.3 Å². The summed E-state index contributed by atoms with van der Waals surface area (Å²) in [5.41, 5.74) is 33.4. The number of aryl methyl sites for hydroxylation is 4. The molecule has 7 aliphatic heterocycles. The predicted octanol–water partition coefficient (Wildman–Crippen LogP) is 14.0. The van der Waals surface area contributed by atoms with E-state index < -0.39 is 0 Å². The summed E-state index contributed by atoms with van der Waals surface area (Å²) in [4.78, 5) is 13.4. The number of fused-ring (bicyclic) bond motifs is 13. The number of para-hydroxylation sites is 5. The SMILES string of the molecule is c1ccc(N2c3cc4sc5cc6c(cc5c4cc3B3c4cccc5c4N(CCC5)c4cc(C5CCCc7ccccc75)cc2c43)B2c3cccc4c3N(CCC4)c3cc(N4CCCc5ccccc54)cc(c32)N6c2ccccc2)cc1. The van der Waals surface area contributed by atoms with Gasteiger partial charge in [-0.25, -0.2) is 0 Å². The lowest BCUT2D eigenvalue weighted by atomic mass is 9.33. The van der Waals surface area contributed by atoms with Crippen LogP contribution in [0.1, 0.15) is 71.4 Å². The summed E-state index contributed by atoms with van der Waals surface area (Å²) in [6.45, 7) is 3.22. The highest BCUT2D eigenvalue weighted by Gasteiger charge is 2.48. The van der Waals surface area contributed by atoms with Crippen LogP contribution in [0.5, 0.6) is 0 Å². The maximum atomic E-state index is 2.74. The van der Waals surface area contributed by atoms with Gasteiger partial charge in [0.05, 0.1) is 0 Å². The first-order valence-corrected chi connectivity index (χ1v) is 30.8. The van der Waals surface area contributed by atoms with E-state index in [0.29, 0.717) is 5.92 Å². The van der Waals surface area contributed by atoms with Gasteiger partial charge in [0.15, 0.2) is 0 Å². The number of nitrogens with zero attached hydrogens (tertiary/aromatic N) is 5. The molecule has 81 heavy (non-hydrogen) atoms. The first-order valence-electron chi connectivity index (χ1n) is 30.0. The fraction of sp³-hybridized carbons (Fsp3) is 0.178. The summed E-state index contributed by atoms with van der Waals surface area (Å²) in [5.74, 6) is 0.353. The van der Waals surface area contributed by atoms with E-state index in [-0.39, 0.29) is 13.4 Å². The topological polar surface area (TPSA) is 16.2 Å². The van der Waals surface area contributed by atoms with E-state index in [2.05, 4.69) is 219 Å². The van der Waals surface area contributed by atoms with E-state index in [1.165, 1.54) is 167 Å². The summed E-state index contributed by atoms with van der Waals surface area (Å²) >= 11 is 1.98.